The van der Waals surface area contributed by atoms with Crippen LogP contribution in [0, 0.1) is 12.7 Å². The Morgan fingerprint density at radius 3 is 2.48 bits per heavy atom. The van der Waals surface area contributed by atoms with E-state index in [0.717, 1.165) is 42.1 Å². The summed E-state index contributed by atoms with van der Waals surface area (Å²) in [4.78, 5) is 12.2. The van der Waals surface area contributed by atoms with Crippen molar-refractivity contribution >= 4 is 17.7 Å². The summed E-state index contributed by atoms with van der Waals surface area (Å²) in [5.74, 6) is 1.13. The van der Waals surface area contributed by atoms with Crippen molar-refractivity contribution < 1.29 is 9.18 Å². The highest BCUT2D eigenvalue weighted by Crippen LogP contribution is 2.25. The second-order valence-electron chi connectivity index (χ2n) is 7.57. The number of benzene rings is 2. The Balaban J connectivity index is 1.71. The van der Waals surface area contributed by atoms with Crippen molar-refractivity contribution in [2.45, 2.75) is 63.4 Å². The molecule has 0 bridgehead atoms. The predicted molar refractivity (Wildman–Crippen MR) is 123 cm³/mol. The Labute approximate surface area is 187 Å². The van der Waals surface area contributed by atoms with Gasteiger partial charge in [-0.3, -0.25) is 9.36 Å². The van der Waals surface area contributed by atoms with Gasteiger partial charge in [-0.15, -0.1) is 10.2 Å². The predicted octanol–water partition coefficient (Wildman–Crippen LogP) is 5.59. The molecule has 5 nitrogen and oxygen atoms in total. The van der Waals surface area contributed by atoms with Crippen molar-refractivity contribution in [3.63, 3.8) is 0 Å². The maximum absolute atomic E-state index is 13.2. The van der Waals surface area contributed by atoms with Gasteiger partial charge in [-0.05, 0) is 43.2 Å². The van der Waals surface area contributed by atoms with E-state index in [1.54, 1.807) is 12.1 Å². The standard InChI is InChI=1S/C24H29FN4OS/c1-3-4-5-6-7-23(30)26-16-22-27-28-24(29(22)21-14-8-18(2)9-15-21)31-17-19-10-12-20(25)13-11-19/h8-15H,3-7,16-17H2,1-2H3,(H,26,30). The number of nitrogens with zero attached hydrogens (tertiary/aromatic N) is 3. The van der Waals surface area contributed by atoms with Crippen LogP contribution in [0.25, 0.3) is 5.69 Å². The molecule has 0 unspecified atom stereocenters. The summed E-state index contributed by atoms with van der Waals surface area (Å²) in [6.45, 7) is 4.52. The van der Waals surface area contributed by atoms with Crippen molar-refractivity contribution in [2.75, 3.05) is 0 Å². The number of unbranched alkanes of at least 4 members (excludes halogenated alkanes) is 3. The molecule has 1 N–H and O–H groups in total. The van der Waals surface area contributed by atoms with E-state index in [0.29, 0.717) is 24.5 Å². The molecule has 3 aromatic rings. The summed E-state index contributed by atoms with van der Waals surface area (Å²) in [6, 6.07) is 14.6. The summed E-state index contributed by atoms with van der Waals surface area (Å²) < 4.78 is 15.1. The fourth-order valence-corrected chi connectivity index (χ4v) is 4.09. The van der Waals surface area contributed by atoms with Crippen LogP contribution in [0.2, 0.25) is 0 Å². The zero-order chi connectivity index (χ0) is 22.1. The number of rotatable bonds is 11. The van der Waals surface area contributed by atoms with Gasteiger partial charge in [0.05, 0.1) is 6.54 Å². The number of carbonyl (C=O) groups excluding carboxylic acids is 1. The molecule has 0 aliphatic carbocycles. The molecule has 31 heavy (non-hydrogen) atoms. The Kier molecular flexibility index (Phi) is 8.64. The van der Waals surface area contributed by atoms with Crippen LogP contribution in [-0.4, -0.2) is 20.7 Å². The fourth-order valence-electron chi connectivity index (χ4n) is 3.17. The molecule has 7 heteroatoms. The molecular formula is C24H29FN4OS. The van der Waals surface area contributed by atoms with Crippen LogP contribution < -0.4 is 5.32 Å². The van der Waals surface area contributed by atoms with Crippen molar-refractivity contribution in [1.29, 1.82) is 0 Å². The van der Waals surface area contributed by atoms with Gasteiger partial charge in [0.1, 0.15) is 5.82 Å². The average Bonchev–Trinajstić information content (AvgIpc) is 3.18. The zero-order valence-corrected chi connectivity index (χ0v) is 18.9. The minimum Gasteiger partial charge on any atom is -0.349 e. The first kappa shape index (κ1) is 23.0. The molecule has 0 aliphatic heterocycles. The molecule has 2 aromatic carbocycles. The monoisotopic (exact) mass is 440 g/mol. The number of aryl methyl sites for hydroxylation is 1. The zero-order valence-electron chi connectivity index (χ0n) is 18.1. The number of amides is 1. The molecule has 164 valence electrons. The lowest BCUT2D eigenvalue weighted by Crippen LogP contribution is -2.24. The van der Waals surface area contributed by atoms with Gasteiger partial charge < -0.3 is 5.32 Å². The van der Waals surface area contributed by atoms with E-state index in [1.807, 2.05) is 35.8 Å². The Hall–Kier alpha value is -2.67. The smallest absolute Gasteiger partial charge is 0.220 e. The number of hydrogen-bond acceptors (Lipinski definition) is 4. The molecule has 0 saturated carbocycles. The molecule has 0 saturated heterocycles. The second kappa shape index (κ2) is 11.6. The van der Waals surface area contributed by atoms with Crippen molar-refractivity contribution in [3.05, 3.63) is 71.3 Å². The molecule has 0 spiro atoms. The third kappa shape index (κ3) is 6.92. The topological polar surface area (TPSA) is 59.8 Å². The SMILES string of the molecule is CCCCCCC(=O)NCc1nnc(SCc2ccc(F)cc2)n1-c1ccc(C)cc1. The number of nitrogens with one attached hydrogen (secondary N) is 1. The Morgan fingerprint density at radius 2 is 1.77 bits per heavy atom. The molecular weight excluding hydrogens is 411 g/mol. The molecule has 0 atom stereocenters. The summed E-state index contributed by atoms with van der Waals surface area (Å²) in [5, 5.41) is 12.4. The van der Waals surface area contributed by atoms with E-state index in [9.17, 15) is 9.18 Å². The van der Waals surface area contributed by atoms with Crippen LogP contribution in [-0.2, 0) is 17.1 Å². The number of aromatic nitrogens is 3. The Morgan fingerprint density at radius 1 is 1.03 bits per heavy atom. The minimum absolute atomic E-state index is 0.0371. The molecule has 3 rings (SSSR count). The van der Waals surface area contributed by atoms with Crippen LogP contribution in [0.15, 0.2) is 53.7 Å². The van der Waals surface area contributed by atoms with Gasteiger partial charge in [-0.1, -0.05) is 67.8 Å². The number of thioether (sulfide) groups is 1. The molecule has 0 aliphatic rings. The number of hydrogen-bond donors (Lipinski definition) is 1. The minimum atomic E-state index is -0.246. The van der Waals surface area contributed by atoms with Gasteiger partial charge >= 0.3 is 0 Å². The van der Waals surface area contributed by atoms with Crippen molar-refractivity contribution in [3.8, 4) is 5.69 Å². The van der Waals surface area contributed by atoms with E-state index in [4.69, 9.17) is 0 Å². The van der Waals surface area contributed by atoms with Crippen LogP contribution in [0.5, 0.6) is 0 Å². The normalized spacial score (nSPS) is 10.9. The fraction of sp³-hybridized carbons (Fsp3) is 0.375. The van der Waals surface area contributed by atoms with Crippen molar-refractivity contribution in [1.82, 2.24) is 20.1 Å². The van der Waals surface area contributed by atoms with E-state index >= 15 is 0 Å². The van der Waals surface area contributed by atoms with Gasteiger partial charge in [0.25, 0.3) is 0 Å². The quantitative estimate of drug-likeness (QED) is 0.312. The third-order valence-corrected chi connectivity index (χ3v) is 5.97. The van der Waals surface area contributed by atoms with E-state index < -0.39 is 0 Å². The molecule has 1 amide bonds. The summed E-state index contributed by atoms with van der Waals surface area (Å²) in [7, 11) is 0. The summed E-state index contributed by atoms with van der Waals surface area (Å²) in [6.07, 6.45) is 4.82. The lowest BCUT2D eigenvalue weighted by Gasteiger charge is -2.11. The highest BCUT2D eigenvalue weighted by molar-refractivity contribution is 7.98. The van der Waals surface area contributed by atoms with Crippen LogP contribution in [0.4, 0.5) is 4.39 Å². The average molecular weight is 441 g/mol. The lowest BCUT2D eigenvalue weighted by atomic mass is 10.1. The highest BCUT2D eigenvalue weighted by Gasteiger charge is 2.15. The second-order valence-corrected chi connectivity index (χ2v) is 8.51. The molecule has 0 radical (unpaired) electrons. The van der Waals surface area contributed by atoms with E-state index in [2.05, 4.69) is 22.4 Å². The molecule has 0 fully saturated rings. The van der Waals surface area contributed by atoms with E-state index in [1.165, 1.54) is 29.5 Å². The Bertz CT molecular complexity index is 970. The maximum Gasteiger partial charge on any atom is 0.220 e. The summed E-state index contributed by atoms with van der Waals surface area (Å²) >= 11 is 1.53. The summed E-state index contributed by atoms with van der Waals surface area (Å²) in [5.41, 5.74) is 3.12. The van der Waals surface area contributed by atoms with Gasteiger partial charge in [-0.2, -0.15) is 0 Å². The molecule has 1 aromatic heterocycles. The van der Waals surface area contributed by atoms with Crippen LogP contribution >= 0.6 is 11.8 Å². The van der Waals surface area contributed by atoms with E-state index in [-0.39, 0.29) is 11.7 Å². The van der Waals surface area contributed by atoms with Gasteiger partial charge in [0.2, 0.25) is 5.91 Å². The van der Waals surface area contributed by atoms with Gasteiger partial charge in [-0.25, -0.2) is 4.39 Å². The van der Waals surface area contributed by atoms with Crippen LogP contribution in [0.1, 0.15) is 56.0 Å². The maximum atomic E-state index is 13.2. The first-order chi connectivity index (χ1) is 15.1. The number of halogens is 1. The van der Waals surface area contributed by atoms with Gasteiger partial charge in [0, 0.05) is 17.9 Å². The third-order valence-electron chi connectivity index (χ3n) is 4.97. The molecule has 1 heterocycles. The highest BCUT2D eigenvalue weighted by atomic mass is 32.2. The lowest BCUT2D eigenvalue weighted by molar-refractivity contribution is -0.121. The van der Waals surface area contributed by atoms with Crippen LogP contribution in [0.3, 0.4) is 0 Å². The first-order valence-corrected chi connectivity index (χ1v) is 11.7. The first-order valence-electron chi connectivity index (χ1n) is 10.7. The number of carbonyl (C=O) groups is 1. The van der Waals surface area contributed by atoms with Gasteiger partial charge in [0.15, 0.2) is 11.0 Å². The van der Waals surface area contributed by atoms with Crippen molar-refractivity contribution in [2.24, 2.45) is 0 Å². The largest absolute Gasteiger partial charge is 0.349 e.